The number of nitriles is 2. The van der Waals surface area contributed by atoms with E-state index in [0.29, 0.717) is 12.8 Å². The van der Waals surface area contributed by atoms with E-state index in [2.05, 4.69) is 6.07 Å². The third kappa shape index (κ3) is 4.05. The van der Waals surface area contributed by atoms with Crippen molar-refractivity contribution < 1.29 is 4.11 Å². The van der Waals surface area contributed by atoms with Gasteiger partial charge in [0.15, 0.2) is 0 Å². The number of halogens is 1. The lowest BCUT2D eigenvalue weighted by molar-refractivity contribution is 0.560. The second-order valence-electron chi connectivity index (χ2n) is 3.79. The summed E-state index contributed by atoms with van der Waals surface area (Å²) in [5, 5.41) is 17.1. The molecule has 0 saturated carbocycles. The van der Waals surface area contributed by atoms with Crippen molar-refractivity contribution in [3.63, 3.8) is 0 Å². The van der Waals surface area contributed by atoms with Crippen molar-refractivity contribution in [3.8, 4) is 12.1 Å². The Morgan fingerprint density at radius 2 is 1.92 bits per heavy atom. The van der Waals surface area contributed by atoms with Crippen molar-refractivity contribution in [1.29, 1.82) is 10.5 Å². The largest absolute Gasteiger partial charge is 0.314 e. The molecule has 0 aliphatic heterocycles. The summed E-state index contributed by atoms with van der Waals surface area (Å²) >= 11 is 0. The fourth-order valence-corrected chi connectivity index (χ4v) is 3.59. The van der Waals surface area contributed by atoms with Crippen molar-refractivity contribution in [1.82, 2.24) is 0 Å². The molecule has 0 aliphatic rings. The molecule has 2 unspecified atom stereocenters. The van der Waals surface area contributed by atoms with Crippen molar-refractivity contribution in [3.05, 3.63) is 0 Å². The molecule has 0 heterocycles. The quantitative estimate of drug-likeness (QED) is 0.515. The molecular weight excluding hydrogens is 183 g/mol. The molecule has 0 aromatic heterocycles. The Morgan fingerprint density at radius 3 is 2.23 bits per heavy atom. The minimum Gasteiger partial charge on any atom is -0.314 e. The molecule has 0 aliphatic carbocycles. The van der Waals surface area contributed by atoms with E-state index in [1.807, 2.05) is 6.07 Å². The minimum atomic E-state index is -2.78. The topological polar surface area (TPSA) is 47.6 Å². The Kier molecular flexibility index (Phi) is 4.65. The summed E-state index contributed by atoms with van der Waals surface area (Å²) in [6.07, 6.45) is 0.859. The summed E-state index contributed by atoms with van der Waals surface area (Å²) in [4.78, 5) is 0. The van der Waals surface area contributed by atoms with E-state index < -0.39 is 8.41 Å². The van der Waals surface area contributed by atoms with Gasteiger partial charge in [-0.2, -0.15) is 10.5 Å². The van der Waals surface area contributed by atoms with Crippen LogP contribution in [0.2, 0.25) is 18.6 Å². The van der Waals surface area contributed by atoms with Crippen LogP contribution in [0.1, 0.15) is 19.8 Å². The van der Waals surface area contributed by atoms with Gasteiger partial charge in [0.2, 0.25) is 8.41 Å². The Balaban J connectivity index is 4.41. The lowest BCUT2D eigenvalue weighted by atomic mass is 10.1. The van der Waals surface area contributed by atoms with Gasteiger partial charge in [-0.3, -0.25) is 0 Å². The van der Waals surface area contributed by atoms with Crippen LogP contribution in [0.15, 0.2) is 0 Å². The van der Waals surface area contributed by atoms with E-state index in [0.717, 1.165) is 0 Å². The van der Waals surface area contributed by atoms with Gasteiger partial charge in [0.05, 0.1) is 12.1 Å². The van der Waals surface area contributed by atoms with Crippen LogP contribution in [-0.2, 0) is 0 Å². The summed E-state index contributed by atoms with van der Waals surface area (Å²) in [6.45, 7) is 4.93. The molecule has 0 bridgehead atoms. The summed E-state index contributed by atoms with van der Waals surface area (Å²) in [6, 6.07) is 4.06. The van der Waals surface area contributed by atoms with Gasteiger partial charge in [0, 0.05) is 12.3 Å². The number of hydrogen-bond donors (Lipinski definition) is 0. The molecule has 0 N–H and O–H groups in total. The fourth-order valence-electron chi connectivity index (χ4n) is 1.50. The Hall–Kier alpha value is -0.873. The van der Waals surface area contributed by atoms with E-state index in [4.69, 9.17) is 10.5 Å². The predicted molar refractivity (Wildman–Crippen MR) is 52.0 cm³/mol. The third-order valence-electron chi connectivity index (χ3n) is 2.26. The van der Waals surface area contributed by atoms with Crippen LogP contribution in [-0.4, -0.2) is 8.41 Å². The van der Waals surface area contributed by atoms with Gasteiger partial charge in [-0.15, -0.1) is 0 Å². The van der Waals surface area contributed by atoms with E-state index >= 15 is 0 Å². The molecule has 0 radical (unpaired) electrons. The summed E-state index contributed by atoms with van der Waals surface area (Å²) in [5.41, 5.74) is -0.211. The molecular formula is C9H15FN2Si. The molecule has 0 rings (SSSR count). The minimum absolute atomic E-state index is 0.211. The van der Waals surface area contributed by atoms with E-state index in [-0.39, 0.29) is 11.5 Å². The fraction of sp³-hybridized carbons (Fsp3) is 0.778. The van der Waals surface area contributed by atoms with Crippen LogP contribution in [0.3, 0.4) is 0 Å². The van der Waals surface area contributed by atoms with Crippen molar-refractivity contribution in [2.24, 2.45) is 5.92 Å². The average molecular weight is 198 g/mol. The van der Waals surface area contributed by atoms with Crippen LogP contribution in [0.5, 0.6) is 0 Å². The molecule has 0 fully saturated rings. The second kappa shape index (κ2) is 4.99. The van der Waals surface area contributed by atoms with Gasteiger partial charge >= 0.3 is 0 Å². The summed E-state index contributed by atoms with van der Waals surface area (Å²) in [5.74, 6) is -0.278. The van der Waals surface area contributed by atoms with Crippen molar-refractivity contribution >= 4 is 8.41 Å². The van der Waals surface area contributed by atoms with Gasteiger partial charge in [-0.25, -0.2) is 0 Å². The van der Waals surface area contributed by atoms with Crippen LogP contribution >= 0.6 is 0 Å². The molecule has 0 aromatic rings. The zero-order valence-electron chi connectivity index (χ0n) is 8.34. The van der Waals surface area contributed by atoms with Gasteiger partial charge in [0.1, 0.15) is 0 Å². The molecule has 0 aromatic carbocycles. The highest BCUT2D eigenvalue weighted by Gasteiger charge is 2.36. The molecule has 72 valence electrons. The standard InChI is InChI=1S/C9H15FN2Si/c1-8(7-12)9(5-4-6-11)13(2,3)10/h8-9H,4-5H2,1-3H3. The monoisotopic (exact) mass is 198 g/mol. The summed E-state index contributed by atoms with van der Waals surface area (Å²) in [7, 11) is -2.78. The van der Waals surface area contributed by atoms with Crippen molar-refractivity contribution in [2.75, 3.05) is 0 Å². The molecule has 0 spiro atoms. The number of hydrogen-bond acceptors (Lipinski definition) is 2. The van der Waals surface area contributed by atoms with E-state index in [9.17, 15) is 4.11 Å². The first-order valence-corrected chi connectivity index (χ1v) is 7.34. The van der Waals surface area contributed by atoms with Gasteiger partial charge in [0.25, 0.3) is 0 Å². The normalized spacial score (nSPS) is 15.5. The lowest BCUT2D eigenvalue weighted by Gasteiger charge is -2.25. The zero-order chi connectivity index (χ0) is 10.5. The van der Waals surface area contributed by atoms with Crippen molar-refractivity contribution in [2.45, 2.75) is 38.4 Å². The number of nitrogens with zero attached hydrogens (tertiary/aromatic N) is 2. The van der Waals surface area contributed by atoms with Crippen LogP contribution in [0.4, 0.5) is 4.11 Å². The van der Waals surface area contributed by atoms with E-state index in [1.165, 1.54) is 0 Å². The Bertz CT molecular complexity index is 233. The molecule has 2 atom stereocenters. The number of rotatable bonds is 4. The van der Waals surface area contributed by atoms with E-state index in [1.54, 1.807) is 20.0 Å². The van der Waals surface area contributed by atoms with Crippen LogP contribution in [0, 0.1) is 28.6 Å². The predicted octanol–water partition coefficient (Wildman–Crippen LogP) is 2.99. The highest BCUT2D eigenvalue weighted by atomic mass is 28.4. The lowest BCUT2D eigenvalue weighted by Crippen LogP contribution is -2.30. The second-order valence-corrected chi connectivity index (χ2v) is 7.66. The first kappa shape index (κ1) is 12.1. The Morgan fingerprint density at radius 1 is 1.38 bits per heavy atom. The third-order valence-corrected chi connectivity index (χ3v) is 4.81. The van der Waals surface area contributed by atoms with Gasteiger partial charge < -0.3 is 4.11 Å². The average Bonchev–Trinajstić information content (AvgIpc) is 2.02. The Labute approximate surface area is 80.2 Å². The molecule has 2 nitrogen and oxygen atoms in total. The maximum atomic E-state index is 13.7. The van der Waals surface area contributed by atoms with Gasteiger partial charge in [-0.05, 0) is 32.0 Å². The first-order chi connectivity index (χ1) is 5.93. The van der Waals surface area contributed by atoms with Crippen LogP contribution in [0.25, 0.3) is 0 Å². The first-order valence-electron chi connectivity index (χ1n) is 4.39. The molecule has 0 amide bonds. The summed E-state index contributed by atoms with van der Waals surface area (Å²) < 4.78 is 13.7. The van der Waals surface area contributed by atoms with Gasteiger partial charge in [-0.1, -0.05) is 0 Å². The molecule has 0 saturated heterocycles. The van der Waals surface area contributed by atoms with Crippen LogP contribution < -0.4 is 0 Å². The highest BCUT2D eigenvalue weighted by Crippen LogP contribution is 2.34. The maximum absolute atomic E-state index is 13.7. The molecule has 4 heteroatoms. The SMILES string of the molecule is CC(C#N)C(CCC#N)[Si](C)(C)F. The maximum Gasteiger partial charge on any atom is 0.245 e. The zero-order valence-corrected chi connectivity index (χ0v) is 9.34. The molecule has 13 heavy (non-hydrogen) atoms. The smallest absolute Gasteiger partial charge is 0.245 e. The highest BCUT2D eigenvalue weighted by molar-refractivity contribution is 6.72.